The molecule has 0 spiro atoms. The Kier molecular flexibility index (Phi) is 2.72. The molecule has 0 saturated heterocycles. The predicted octanol–water partition coefficient (Wildman–Crippen LogP) is 1.94. The molecule has 2 heterocycles. The molecule has 0 aliphatic carbocycles. The van der Waals surface area contributed by atoms with E-state index in [2.05, 4.69) is 23.1 Å². The first-order valence-corrected chi connectivity index (χ1v) is 5.66. The Bertz CT molecular complexity index is 345. The molecule has 0 radical (unpaired) electrons. The van der Waals surface area contributed by atoms with Crippen LogP contribution < -0.4 is 0 Å². The van der Waals surface area contributed by atoms with Gasteiger partial charge in [-0.05, 0) is 18.1 Å². The summed E-state index contributed by atoms with van der Waals surface area (Å²) in [6.45, 7) is 2.13. The van der Waals surface area contributed by atoms with Gasteiger partial charge in [-0.15, -0.1) is 0 Å². The van der Waals surface area contributed by atoms with E-state index in [4.69, 9.17) is 0 Å². The predicted molar refractivity (Wildman–Crippen MR) is 60.4 cm³/mol. The Morgan fingerprint density at radius 1 is 1.50 bits per heavy atom. The zero-order chi connectivity index (χ0) is 9.97. The Morgan fingerprint density at radius 2 is 2.36 bits per heavy atom. The summed E-state index contributed by atoms with van der Waals surface area (Å²) in [5.74, 6) is 0.923. The Balaban J connectivity index is 2.21. The van der Waals surface area contributed by atoms with Crippen molar-refractivity contribution in [2.45, 2.75) is 13.3 Å². The van der Waals surface area contributed by atoms with E-state index in [9.17, 15) is 0 Å². The van der Waals surface area contributed by atoms with Gasteiger partial charge in [-0.3, -0.25) is 9.99 Å². The fourth-order valence-corrected chi connectivity index (χ4v) is 2.09. The fraction of sp³-hybridized carbons (Fsp3) is 0.400. The van der Waals surface area contributed by atoms with Crippen LogP contribution in [-0.4, -0.2) is 28.0 Å². The van der Waals surface area contributed by atoms with Crippen LogP contribution in [0, 0.1) is 0 Å². The summed E-state index contributed by atoms with van der Waals surface area (Å²) < 4.78 is 0. The quantitative estimate of drug-likeness (QED) is 0.742. The van der Waals surface area contributed by atoms with Gasteiger partial charge >= 0.3 is 0 Å². The lowest BCUT2D eigenvalue weighted by molar-refractivity contribution is 0.429. The lowest BCUT2D eigenvalue weighted by atomic mass is 10.2. The van der Waals surface area contributed by atoms with Gasteiger partial charge in [0.2, 0.25) is 0 Å². The molecule has 74 valence electrons. The largest absolute Gasteiger partial charge is 0.289 e. The Hall–Kier alpha value is -1.03. The van der Waals surface area contributed by atoms with E-state index < -0.39 is 0 Å². The number of hydrazone groups is 1. The van der Waals surface area contributed by atoms with Crippen molar-refractivity contribution in [2.24, 2.45) is 5.10 Å². The molecular formula is C10H13N3S. The molecule has 0 unspecified atom stereocenters. The summed E-state index contributed by atoms with van der Waals surface area (Å²) >= 11 is 1.73. The number of thioether (sulfide) groups is 1. The van der Waals surface area contributed by atoms with Crippen LogP contribution in [0.5, 0.6) is 0 Å². The summed E-state index contributed by atoms with van der Waals surface area (Å²) in [5, 5.41) is 7.31. The molecule has 0 aromatic carbocycles. The molecule has 1 aromatic rings. The van der Waals surface area contributed by atoms with Gasteiger partial charge < -0.3 is 0 Å². The van der Waals surface area contributed by atoms with Crippen molar-refractivity contribution in [1.82, 2.24) is 9.99 Å². The van der Waals surface area contributed by atoms with Gasteiger partial charge in [0, 0.05) is 13.2 Å². The number of aromatic nitrogens is 1. The molecule has 0 saturated carbocycles. The van der Waals surface area contributed by atoms with Crippen LogP contribution >= 0.6 is 11.8 Å². The van der Waals surface area contributed by atoms with E-state index in [-0.39, 0.29) is 0 Å². The average Bonchev–Trinajstić information content (AvgIpc) is 2.65. The Morgan fingerprint density at radius 3 is 2.86 bits per heavy atom. The first-order chi connectivity index (χ1) is 6.79. The topological polar surface area (TPSA) is 28.5 Å². The molecule has 14 heavy (non-hydrogen) atoms. The summed E-state index contributed by atoms with van der Waals surface area (Å²) in [4.78, 5) is 4.39. The molecular weight excluding hydrogens is 194 g/mol. The third kappa shape index (κ3) is 1.90. The van der Waals surface area contributed by atoms with Crippen molar-refractivity contribution in [3.05, 3.63) is 29.6 Å². The fourth-order valence-electron chi connectivity index (χ4n) is 1.25. The number of pyridine rings is 1. The monoisotopic (exact) mass is 207 g/mol. The van der Waals surface area contributed by atoms with Gasteiger partial charge in [-0.2, -0.15) is 5.10 Å². The van der Waals surface area contributed by atoms with Crippen molar-refractivity contribution in [3.63, 3.8) is 0 Å². The highest BCUT2D eigenvalue weighted by Gasteiger charge is 2.14. The SMILES string of the molecule is CCc1ccc(C2=NN(C)CS2)nc1. The first kappa shape index (κ1) is 9.52. The number of hydrogen-bond acceptors (Lipinski definition) is 4. The minimum absolute atomic E-state index is 0.923. The second-order valence-electron chi connectivity index (χ2n) is 3.24. The highest BCUT2D eigenvalue weighted by molar-refractivity contribution is 8.14. The molecule has 0 atom stereocenters. The standard InChI is InChI=1S/C10H13N3S/c1-3-8-4-5-9(11-6-8)10-12-13(2)7-14-10/h4-6H,3,7H2,1-2H3. The van der Waals surface area contributed by atoms with Gasteiger partial charge in [0.15, 0.2) is 0 Å². The normalized spacial score (nSPS) is 15.9. The highest BCUT2D eigenvalue weighted by Crippen LogP contribution is 2.19. The van der Waals surface area contributed by atoms with Gasteiger partial charge in [0.25, 0.3) is 0 Å². The van der Waals surface area contributed by atoms with Crippen molar-refractivity contribution in [2.75, 3.05) is 12.9 Å². The molecule has 0 bridgehead atoms. The summed E-state index contributed by atoms with van der Waals surface area (Å²) in [6.07, 6.45) is 2.96. The van der Waals surface area contributed by atoms with Crippen LogP contribution in [-0.2, 0) is 6.42 Å². The third-order valence-electron chi connectivity index (χ3n) is 2.10. The van der Waals surface area contributed by atoms with E-state index in [0.29, 0.717) is 0 Å². The van der Waals surface area contributed by atoms with E-state index in [0.717, 1.165) is 23.0 Å². The van der Waals surface area contributed by atoms with Gasteiger partial charge in [0.1, 0.15) is 5.04 Å². The number of rotatable bonds is 2. The van der Waals surface area contributed by atoms with Crippen LogP contribution in [0.1, 0.15) is 18.2 Å². The molecule has 4 heteroatoms. The minimum atomic E-state index is 0.923. The number of hydrogen-bond donors (Lipinski definition) is 0. The molecule has 0 fully saturated rings. The van der Waals surface area contributed by atoms with Crippen molar-refractivity contribution < 1.29 is 0 Å². The Labute approximate surface area is 88.2 Å². The maximum absolute atomic E-state index is 4.39. The summed E-state index contributed by atoms with van der Waals surface area (Å²) in [5.41, 5.74) is 2.25. The van der Waals surface area contributed by atoms with Crippen LogP contribution in [0.2, 0.25) is 0 Å². The highest BCUT2D eigenvalue weighted by atomic mass is 32.2. The van der Waals surface area contributed by atoms with Crippen molar-refractivity contribution in [1.29, 1.82) is 0 Å². The molecule has 1 aliphatic heterocycles. The lowest BCUT2D eigenvalue weighted by Crippen LogP contribution is -2.03. The molecule has 0 amide bonds. The van der Waals surface area contributed by atoms with E-state index >= 15 is 0 Å². The lowest BCUT2D eigenvalue weighted by Gasteiger charge is -2.00. The maximum atomic E-state index is 4.39. The second-order valence-corrected chi connectivity index (χ2v) is 4.18. The van der Waals surface area contributed by atoms with Crippen LogP contribution in [0.15, 0.2) is 23.4 Å². The minimum Gasteiger partial charge on any atom is -0.289 e. The molecule has 1 aromatic heterocycles. The van der Waals surface area contributed by atoms with Gasteiger partial charge in [0.05, 0.1) is 11.6 Å². The van der Waals surface area contributed by atoms with E-state index in [1.165, 1.54) is 5.56 Å². The van der Waals surface area contributed by atoms with Crippen molar-refractivity contribution >= 4 is 16.8 Å². The zero-order valence-corrected chi connectivity index (χ0v) is 9.21. The van der Waals surface area contributed by atoms with Crippen molar-refractivity contribution in [3.8, 4) is 0 Å². The molecule has 0 N–H and O–H groups in total. The third-order valence-corrected chi connectivity index (χ3v) is 3.17. The molecule has 3 nitrogen and oxygen atoms in total. The summed E-state index contributed by atoms with van der Waals surface area (Å²) in [6, 6.07) is 4.16. The maximum Gasteiger partial charge on any atom is 0.144 e. The second kappa shape index (κ2) is 4.00. The smallest absolute Gasteiger partial charge is 0.144 e. The van der Waals surface area contributed by atoms with Gasteiger partial charge in [-0.25, -0.2) is 0 Å². The molecule has 2 rings (SSSR count). The first-order valence-electron chi connectivity index (χ1n) is 4.67. The van der Waals surface area contributed by atoms with Crippen LogP contribution in [0.3, 0.4) is 0 Å². The van der Waals surface area contributed by atoms with Gasteiger partial charge in [-0.1, -0.05) is 24.8 Å². The van der Waals surface area contributed by atoms with E-state index in [1.807, 2.05) is 24.3 Å². The molecule has 1 aliphatic rings. The zero-order valence-electron chi connectivity index (χ0n) is 8.40. The number of aryl methyl sites for hydroxylation is 1. The van der Waals surface area contributed by atoms with E-state index in [1.54, 1.807) is 11.8 Å². The summed E-state index contributed by atoms with van der Waals surface area (Å²) in [7, 11) is 1.97. The number of nitrogens with zero attached hydrogens (tertiary/aromatic N) is 3. The van der Waals surface area contributed by atoms with Crippen LogP contribution in [0.25, 0.3) is 0 Å². The average molecular weight is 207 g/mol. The van der Waals surface area contributed by atoms with Crippen LogP contribution in [0.4, 0.5) is 0 Å².